The molecule has 3 rings (SSSR count). The van der Waals surface area contributed by atoms with Gasteiger partial charge in [0, 0.05) is 30.2 Å². The number of benzene rings is 2. The van der Waals surface area contributed by atoms with Crippen LogP contribution in [-0.4, -0.2) is 48.3 Å². The molecule has 1 heterocycles. The zero-order valence-corrected chi connectivity index (χ0v) is 20.3. The van der Waals surface area contributed by atoms with Crippen molar-refractivity contribution < 1.29 is 14.4 Å². The molecule has 33 heavy (non-hydrogen) atoms. The summed E-state index contributed by atoms with van der Waals surface area (Å²) in [6.45, 7) is 5.55. The van der Waals surface area contributed by atoms with Crippen molar-refractivity contribution >= 4 is 40.9 Å². The molecule has 1 saturated heterocycles. The monoisotopic (exact) mass is 489 g/mol. The van der Waals surface area contributed by atoms with E-state index >= 15 is 0 Å². The van der Waals surface area contributed by atoms with Gasteiger partial charge in [0.2, 0.25) is 5.91 Å². The number of halogens is 2. The minimum atomic E-state index is -0.708. The SMILES string of the molecule is CC(C)CNC(=O)[C@H](NC(=O)c1ccccc1Cl)C1CCN(C(=O)c2ccc(Cl)cc2)CC1. The van der Waals surface area contributed by atoms with E-state index < -0.39 is 6.04 Å². The number of hydrogen-bond donors (Lipinski definition) is 2. The van der Waals surface area contributed by atoms with Crippen molar-refractivity contribution in [2.75, 3.05) is 19.6 Å². The quantitative estimate of drug-likeness (QED) is 0.604. The zero-order valence-electron chi connectivity index (χ0n) is 18.8. The molecule has 176 valence electrons. The summed E-state index contributed by atoms with van der Waals surface area (Å²) in [5.41, 5.74) is 0.910. The molecule has 0 saturated carbocycles. The van der Waals surface area contributed by atoms with E-state index in [1.165, 1.54) is 0 Å². The van der Waals surface area contributed by atoms with Crippen molar-refractivity contribution in [2.45, 2.75) is 32.7 Å². The normalized spacial score (nSPS) is 15.2. The molecule has 3 amide bonds. The summed E-state index contributed by atoms with van der Waals surface area (Å²) in [7, 11) is 0. The van der Waals surface area contributed by atoms with Crippen LogP contribution < -0.4 is 10.6 Å². The van der Waals surface area contributed by atoms with Gasteiger partial charge in [-0.25, -0.2) is 0 Å². The first kappa shape index (κ1) is 25.1. The lowest BCUT2D eigenvalue weighted by Crippen LogP contribution is -2.54. The van der Waals surface area contributed by atoms with E-state index in [1.54, 1.807) is 53.4 Å². The van der Waals surface area contributed by atoms with Crippen LogP contribution in [0.1, 0.15) is 47.4 Å². The number of likely N-dealkylation sites (tertiary alicyclic amines) is 1. The Morgan fingerprint density at radius 1 is 1.00 bits per heavy atom. The average molecular weight is 490 g/mol. The van der Waals surface area contributed by atoms with Crippen LogP contribution in [0.15, 0.2) is 48.5 Å². The Balaban J connectivity index is 1.69. The maximum atomic E-state index is 13.0. The standard InChI is InChI=1S/C25H29Cl2N3O3/c1-16(2)15-28-24(32)22(29-23(31)20-5-3-4-6-21(20)27)17-11-13-30(14-12-17)25(33)18-7-9-19(26)10-8-18/h3-10,16-17,22H,11-15H2,1-2H3,(H,28,32)(H,29,31)/t22-/m1/s1. The lowest BCUT2D eigenvalue weighted by atomic mass is 9.88. The second-order valence-electron chi connectivity index (χ2n) is 8.71. The Morgan fingerprint density at radius 2 is 1.64 bits per heavy atom. The minimum absolute atomic E-state index is 0.0639. The molecule has 8 heteroatoms. The van der Waals surface area contributed by atoms with E-state index in [-0.39, 0.29) is 29.6 Å². The number of piperidine rings is 1. The largest absolute Gasteiger partial charge is 0.354 e. The lowest BCUT2D eigenvalue weighted by Gasteiger charge is -2.36. The van der Waals surface area contributed by atoms with Crippen LogP contribution in [0.25, 0.3) is 0 Å². The van der Waals surface area contributed by atoms with Crippen molar-refractivity contribution in [1.29, 1.82) is 0 Å². The van der Waals surface area contributed by atoms with Crippen LogP contribution in [0.2, 0.25) is 10.0 Å². The predicted octanol–water partition coefficient (Wildman–Crippen LogP) is 4.42. The minimum Gasteiger partial charge on any atom is -0.354 e. The summed E-state index contributed by atoms with van der Waals surface area (Å²) in [4.78, 5) is 40.5. The molecule has 0 unspecified atom stereocenters. The van der Waals surface area contributed by atoms with Gasteiger partial charge in [0.25, 0.3) is 11.8 Å². The number of rotatable bonds is 7. The van der Waals surface area contributed by atoms with Crippen LogP contribution in [0, 0.1) is 11.8 Å². The molecule has 1 fully saturated rings. The summed E-state index contributed by atoms with van der Waals surface area (Å²) in [5, 5.41) is 6.74. The molecular formula is C25H29Cl2N3O3. The topological polar surface area (TPSA) is 78.5 Å². The van der Waals surface area contributed by atoms with Crippen LogP contribution in [0.4, 0.5) is 0 Å². The van der Waals surface area contributed by atoms with Crippen molar-refractivity contribution in [2.24, 2.45) is 11.8 Å². The van der Waals surface area contributed by atoms with Gasteiger partial charge in [-0.15, -0.1) is 0 Å². The third-order valence-electron chi connectivity index (χ3n) is 5.76. The van der Waals surface area contributed by atoms with E-state index in [2.05, 4.69) is 10.6 Å². The average Bonchev–Trinajstić information content (AvgIpc) is 2.81. The number of nitrogens with zero attached hydrogens (tertiary/aromatic N) is 1. The highest BCUT2D eigenvalue weighted by Crippen LogP contribution is 2.24. The highest BCUT2D eigenvalue weighted by molar-refractivity contribution is 6.33. The highest BCUT2D eigenvalue weighted by Gasteiger charge is 2.34. The molecular weight excluding hydrogens is 461 g/mol. The first-order valence-corrected chi connectivity index (χ1v) is 11.9. The molecule has 0 bridgehead atoms. The van der Waals surface area contributed by atoms with Gasteiger partial charge in [-0.3, -0.25) is 14.4 Å². The third kappa shape index (κ3) is 6.71. The fourth-order valence-electron chi connectivity index (χ4n) is 3.89. The van der Waals surface area contributed by atoms with Crippen molar-refractivity contribution in [3.63, 3.8) is 0 Å². The van der Waals surface area contributed by atoms with E-state index in [1.807, 2.05) is 13.8 Å². The van der Waals surface area contributed by atoms with Crippen LogP contribution >= 0.6 is 23.2 Å². The smallest absolute Gasteiger partial charge is 0.253 e. The van der Waals surface area contributed by atoms with E-state index in [0.29, 0.717) is 53.6 Å². The molecule has 1 atom stereocenters. The Hall–Kier alpha value is -2.57. The Bertz CT molecular complexity index is 987. The van der Waals surface area contributed by atoms with E-state index in [9.17, 15) is 14.4 Å². The van der Waals surface area contributed by atoms with Gasteiger partial charge in [0.15, 0.2) is 0 Å². The number of carbonyl (C=O) groups is 3. The highest BCUT2D eigenvalue weighted by atomic mass is 35.5. The van der Waals surface area contributed by atoms with Gasteiger partial charge < -0.3 is 15.5 Å². The first-order valence-electron chi connectivity index (χ1n) is 11.1. The Morgan fingerprint density at radius 3 is 2.24 bits per heavy atom. The molecule has 0 spiro atoms. The molecule has 2 aromatic rings. The lowest BCUT2D eigenvalue weighted by molar-refractivity contribution is -0.124. The van der Waals surface area contributed by atoms with Gasteiger partial charge in [-0.05, 0) is 61.1 Å². The van der Waals surface area contributed by atoms with Crippen molar-refractivity contribution in [3.8, 4) is 0 Å². The van der Waals surface area contributed by atoms with Crippen LogP contribution in [0.3, 0.4) is 0 Å². The van der Waals surface area contributed by atoms with Crippen LogP contribution in [-0.2, 0) is 4.79 Å². The zero-order chi connectivity index (χ0) is 24.0. The summed E-state index contributed by atoms with van der Waals surface area (Å²) in [6.07, 6.45) is 1.20. The van der Waals surface area contributed by atoms with Gasteiger partial charge in [-0.2, -0.15) is 0 Å². The number of nitrogens with one attached hydrogen (secondary N) is 2. The number of amides is 3. The summed E-state index contributed by atoms with van der Waals surface area (Å²) < 4.78 is 0. The number of hydrogen-bond acceptors (Lipinski definition) is 3. The second-order valence-corrected chi connectivity index (χ2v) is 9.55. The fraction of sp³-hybridized carbons (Fsp3) is 0.400. The molecule has 0 aromatic heterocycles. The van der Waals surface area contributed by atoms with Crippen molar-refractivity contribution in [3.05, 3.63) is 69.7 Å². The summed E-state index contributed by atoms with van der Waals surface area (Å²) >= 11 is 12.1. The third-order valence-corrected chi connectivity index (χ3v) is 6.34. The summed E-state index contributed by atoms with van der Waals surface area (Å²) in [6, 6.07) is 12.9. The van der Waals surface area contributed by atoms with Gasteiger partial charge in [0.1, 0.15) is 6.04 Å². The fourth-order valence-corrected chi connectivity index (χ4v) is 4.23. The Labute approximate surface area is 204 Å². The first-order chi connectivity index (χ1) is 15.8. The maximum Gasteiger partial charge on any atom is 0.253 e. The molecule has 6 nitrogen and oxygen atoms in total. The van der Waals surface area contributed by atoms with Gasteiger partial charge in [0.05, 0.1) is 10.6 Å². The van der Waals surface area contributed by atoms with Gasteiger partial charge >= 0.3 is 0 Å². The van der Waals surface area contributed by atoms with Gasteiger partial charge in [-0.1, -0.05) is 49.2 Å². The molecule has 1 aliphatic heterocycles. The second kappa shape index (κ2) is 11.5. The number of carbonyl (C=O) groups excluding carboxylic acids is 3. The maximum absolute atomic E-state index is 13.0. The Kier molecular flexibility index (Phi) is 8.75. The predicted molar refractivity (Wildman–Crippen MR) is 131 cm³/mol. The molecule has 2 aromatic carbocycles. The molecule has 0 radical (unpaired) electrons. The molecule has 1 aliphatic rings. The van der Waals surface area contributed by atoms with Crippen LogP contribution in [0.5, 0.6) is 0 Å². The van der Waals surface area contributed by atoms with E-state index in [4.69, 9.17) is 23.2 Å². The molecule has 2 N–H and O–H groups in total. The van der Waals surface area contributed by atoms with E-state index in [0.717, 1.165) is 0 Å². The van der Waals surface area contributed by atoms with Crippen molar-refractivity contribution in [1.82, 2.24) is 15.5 Å². The molecule has 0 aliphatic carbocycles. The summed E-state index contributed by atoms with van der Waals surface area (Å²) in [5.74, 6) is -0.479.